The first-order valence-corrected chi connectivity index (χ1v) is 6.06. The van der Waals surface area contributed by atoms with Crippen LogP contribution in [0.3, 0.4) is 0 Å². The van der Waals surface area contributed by atoms with E-state index in [0.717, 1.165) is 0 Å². The second kappa shape index (κ2) is 6.86. The van der Waals surface area contributed by atoms with Gasteiger partial charge in [0.05, 0.1) is 12.1 Å². The molecule has 100 valence electrons. The van der Waals surface area contributed by atoms with Crippen molar-refractivity contribution in [3.05, 3.63) is 0 Å². The minimum Gasteiger partial charge on any atom is -0.383 e. The summed E-state index contributed by atoms with van der Waals surface area (Å²) < 4.78 is 4.92. The number of methoxy groups -OCH3 is 1. The molecule has 0 atom stereocenters. The molecule has 0 bridgehead atoms. The van der Waals surface area contributed by atoms with Gasteiger partial charge in [-0.2, -0.15) is 10.2 Å². The number of nitrogens with zero attached hydrogens (tertiary/aromatic N) is 2. The summed E-state index contributed by atoms with van der Waals surface area (Å²) in [4.78, 5) is 0. The second-order valence-electron chi connectivity index (χ2n) is 5.30. The highest BCUT2D eigenvalue weighted by atomic mass is 32.1. The zero-order chi connectivity index (χ0) is 13.5. The summed E-state index contributed by atoms with van der Waals surface area (Å²) >= 11 is 5.14. The maximum absolute atomic E-state index is 5.14. The van der Waals surface area contributed by atoms with E-state index in [1.807, 2.05) is 34.6 Å². The highest BCUT2D eigenvalue weighted by Gasteiger charge is 2.19. The van der Waals surface area contributed by atoms with Gasteiger partial charge < -0.3 is 15.4 Å². The summed E-state index contributed by atoms with van der Waals surface area (Å²) in [5.41, 5.74) is -0.686. The lowest BCUT2D eigenvalue weighted by Gasteiger charge is -2.24. The van der Waals surface area contributed by atoms with E-state index in [0.29, 0.717) is 18.3 Å². The molecule has 0 aliphatic heterocycles. The Morgan fingerprint density at radius 2 is 1.76 bits per heavy atom. The van der Waals surface area contributed by atoms with Gasteiger partial charge in [-0.25, -0.2) is 0 Å². The molecule has 0 heterocycles. The Kier molecular flexibility index (Phi) is 6.56. The first-order valence-electron chi connectivity index (χ1n) is 5.65. The Hall–Kier alpha value is -0.750. The predicted octanol–water partition coefficient (Wildman–Crippen LogP) is 2.08. The summed E-state index contributed by atoms with van der Waals surface area (Å²) in [7, 11) is 1.65. The third-order valence-electron chi connectivity index (χ3n) is 1.61. The van der Waals surface area contributed by atoms with Crippen molar-refractivity contribution in [2.75, 3.05) is 20.3 Å². The summed E-state index contributed by atoms with van der Waals surface area (Å²) in [6, 6.07) is 0. The Morgan fingerprint density at radius 3 is 2.24 bits per heavy atom. The number of nitrogens with one attached hydrogen (secondary N) is 2. The number of thiocarbonyl (C=S) groups is 1. The average molecular weight is 260 g/mol. The fourth-order valence-corrected chi connectivity index (χ4v) is 1.24. The van der Waals surface area contributed by atoms with E-state index >= 15 is 0 Å². The predicted molar refractivity (Wildman–Crippen MR) is 74.3 cm³/mol. The zero-order valence-corrected chi connectivity index (χ0v) is 12.4. The number of hydrogen-bond acceptors (Lipinski definition) is 4. The fourth-order valence-electron chi connectivity index (χ4n) is 0.889. The molecule has 0 aromatic carbocycles. The van der Waals surface area contributed by atoms with Crippen molar-refractivity contribution in [1.82, 2.24) is 10.6 Å². The molecule has 0 saturated heterocycles. The molecule has 0 rings (SSSR count). The Bertz CT molecular complexity index is 271. The van der Waals surface area contributed by atoms with Crippen LogP contribution in [0.2, 0.25) is 0 Å². The van der Waals surface area contributed by atoms with E-state index in [-0.39, 0.29) is 5.54 Å². The summed E-state index contributed by atoms with van der Waals surface area (Å²) in [6.45, 7) is 11.1. The normalized spacial score (nSPS) is 12.8. The highest BCUT2D eigenvalue weighted by molar-refractivity contribution is 7.80. The van der Waals surface area contributed by atoms with Crippen LogP contribution in [0.1, 0.15) is 34.6 Å². The smallest absolute Gasteiger partial charge is 0.168 e. The summed E-state index contributed by atoms with van der Waals surface area (Å²) in [6.07, 6.45) is 0. The maximum Gasteiger partial charge on any atom is 0.168 e. The van der Waals surface area contributed by atoms with E-state index in [1.54, 1.807) is 7.11 Å². The number of ether oxygens (including phenoxy) is 1. The fraction of sp³-hybridized carbons (Fsp3) is 0.909. The van der Waals surface area contributed by atoms with Crippen molar-refractivity contribution in [1.29, 1.82) is 0 Å². The molecule has 2 N–H and O–H groups in total. The topological polar surface area (TPSA) is 58.0 Å². The molecule has 0 aliphatic rings. The maximum atomic E-state index is 5.14. The lowest BCUT2D eigenvalue weighted by Crippen LogP contribution is -2.47. The first kappa shape index (κ1) is 16.2. The van der Waals surface area contributed by atoms with Crippen LogP contribution >= 0.6 is 12.2 Å². The molecule has 0 spiro atoms. The minimum atomic E-state index is -0.509. The molecule has 5 nitrogen and oxygen atoms in total. The van der Waals surface area contributed by atoms with Crippen LogP contribution in [0, 0.1) is 0 Å². The Balaban J connectivity index is 4.16. The molecule has 0 aliphatic carbocycles. The largest absolute Gasteiger partial charge is 0.383 e. The third-order valence-corrected chi connectivity index (χ3v) is 1.86. The van der Waals surface area contributed by atoms with Gasteiger partial charge in [0.1, 0.15) is 5.66 Å². The molecular weight excluding hydrogens is 236 g/mol. The summed E-state index contributed by atoms with van der Waals surface area (Å²) in [5.74, 6) is 0. The molecule has 0 saturated carbocycles. The van der Waals surface area contributed by atoms with Gasteiger partial charge in [-0.1, -0.05) is 0 Å². The quantitative estimate of drug-likeness (QED) is 0.451. The molecule has 0 amide bonds. The van der Waals surface area contributed by atoms with Gasteiger partial charge in [-0.3, -0.25) is 0 Å². The Morgan fingerprint density at radius 1 is 1.18 bits per heavy atom. The van der Waals surface area contributed by atoms with Crippen molar-refractivity contribution in [2.45, 2.75) is 45.8 Å². The van der Waals surface area contributed by atoms with Crippen LogP contribution in [-0.4, -0.2) is 36.6 Å². The highest BCUT2D eigenvalue weighted by Crippen LogP contribution is 2.12. The minimum absolute atomic E-state index is 0.177. The van der Waals surface area contributed by atoms with Crippen molar-refractivity contribution >= 4 is 17.3 Å². The first-order chi connectivity index (χ1) is 7.66. The van der Waals surface area contributed by atoms with Crippen molar-refractivity contribution < 1.29 is 4.74 Å². The van der Waals surface area contributed by atoms with Crippen molar-refractivity contribution in [2.24, 2.45) is 10.2 Å². The van der Waals surface area contributed by atoms with Crippen LogP contribution in [0.25, 0.3) is 0 Å². The lowest BCUT2D eigenvalue weighted by atomic mass is 10.1. The summed E-state index contributed by atoms with van der Waals surface area (Å²) in [5, 5.41) is 15.2. The zero-order valence-electron chi connectivity index (χ0n) is 11.6. The Labute approximate surface area is 109 Å². The molecule has 17 heavy (non-hydrogen) atoms. The van der Waals surface area contributed by atoms with E-state index in [9.17, 15) is 0 Å². The van der Waals surface area contributed by atoms with Gasteiger partial charge in [0.25, 0.3) is 0 Å². The van der Waals surface area contributed by atoms with Gasteiger partial charge in [0.2, 0.25) is 0 Å². The van der Waals surface area contributed by atoms with Gasteiger partial charge in [0, 0.05) is 13.7 Å². The van der Waals surface area contributed by atoms with Crippen LogP contribution in [0.4, 0.5) is 0 Å². The van der Waals surface area contributed by atoms with Crippen LogP contribution in [0.15, 0.2) is 10.2 Å². The monoisotopic (exact) mass is 260 g/mol. The standard InChI is InChI=1S/C11H24N4OS/c1-10(2,3)14-15-11(4,5)13-9(17)12-7-8-16-6/h7-8H2,1-6H3,(H2,12,13,17). The van der Waals surface area contributed by atoms with Crippen LogP contribution in [-0.2, 0) is 4.74 Å². The average Bonchev–Trinajstić information content (AvgIpc) is 2.14. The molecule has 6 heteroatoms. The van der Waals surface area contributed by atoms with Crippen LogP contribution in [0.5, 0.6) is 0 Å². The van der Waals surface area contributed by atoms with E-state index in [2.05, 4.69) is 20.9 Å². The third kappa shape index (κ3) is 10.1. The molecule has 0 unspecified atom stereocenters. The van der Waals surface area contributed by atoms with Crippen LogP contribution < -0.4 is 10.6 Å². The SMILES string of the molecule is COCCNC(=S)NC(C)(C)N=NC(C)(C)C. The van der Waals surface area contributed by atoms with E-state index in [1.165, 1.54) is 0 Å². The molecule has 0 aromatic rings. The van der Waals surface area contributed by atoms with E-state index < -0.39 is 5.66 Å². The number of azo groups is 1. The molecular formula is C11H24N4OS. The molecule has 0 radical (unpaired) electrons. The van der Waals surface area contributed by atoms with Crippen molar-refractivity contribution in [3.8, 4) is 0 Å². The number of rotatable bonds is 5. The molecule has 0 aromatic heterocycles. The molecule has 0 fully saturated rings. The van der Waals surface area contributed by atoms with Gasteiger partial charge >= 0.3 is 0 Å². The second-order valence-corrected chi connectivity index (χ2v) is 5.71. The van der Waals surface area contributed by atoms with Gasteiger partial charge in [-0.15, -0.1) is 0 Å². The lowest BCUT2D eigenvalue weighted by molar-refractivity contribution is 0.203. The number of hydrogen-bond donors (Lipinski definition) is 2. The van der Waals surface area contributed by atoms with Crippen molar-refractivity contribution in [3.63, 3.8) is 0 Å². The van der Waals surface area contributed by atoms with Gasteiger partial charge in [0.15, 0.2) is 5.11 Å². The van der Waals surface area contributed by atoms with Gasteiger partial charge in [-0.05, 0) is 46.8 Å². The van der Waals surface area contributed by atoms with E-state index in [4.69, 9.17) is 17.0 Å².